The van der Waals surface area contributed by atoms with E-state index in [1.165, 1.54) is 0 Å². The number of carbonyl (C=O) groups excluding carboxylic acids is 1. The van der Waals surface area contributed by atoms with E-state index >= 15 is 0 Å². The fourth-order valence-electron chi connectivity index (χ4n) is 3.44. The Balaban J connectivity index is 1.88. The number of ether oxygens (including phenoxy) is 2. The van der Waals surface area contributed by atoms with Crippen molar-refractivity contribution in [3.63, 3.8) is 0 Å². The molecule has 4 nitrogen and oxygen atoms in total. The van der Waals surface area contributed by atoms with Crippen LogP contribution in [0.2, 0.25) is 0 Å². The van der Waals surface area contributed by atoms with Gasteiger partial charge in [0, 0.05) is 11.3 Å². The van der Waals surface area contributed by atoms with E-state index in [1.807, 2.05) is 66.9 Å². The smallest absolute Gasteiger partial charge is 0.339 e. The highest BCUT2D eigenvalue weighted by Gasteiger charge is 2.36. The monoisotopic (exact) mass is 421 g/mol. The number of nitrogens with two attached hydrogens (primary N) is 1. The normalized spacial score (nSPS) is 13.8. The minimum atomic E-state index is -0.820. The first-order chi connectivity index (χ1) is 14.6. The van der Waals surface area contributed by atoms with E-state index in [4.69, 9.17) is 15.2 Å². The molecular weight excluding hydrogens is 394 g/mol. The summed E-state index contributed by atoms with van der Waals surface area (Å²) in [6.07, 6.45) is 2.19. The van der Waals surface area contributed by atoms with Gasteiger partial charge in [0.25, 0.3) is 0 Å². The second-order valence-electron chi connectivity index (χ2n) is 6.98. The molecule has 0 heterocycles. The number of hydrogen-bond acceptors (Lipinski definition) is 5. The summed E-state index contributed by atoms with van der Waals surface area (Å²) in [4.78, 5) is 13.5. The lowest BCUT2D eigenvalue weighted by Gasteiger charge is -2.36. The molecule has 0 radical (unpaired) electrons. The molecule has 2 N–H and O–H groups in total. The largest absolute Gasteiger partial charge is 0.481 e. The quantitative estimate of drug-likeness (QED) is 0.276. The first-order valence-corrected chi connectivity index (χ1v) is 11.2. The fourth-order valence-corrected chi connectivity index (χ4v) is 3.97. The van der Waals surface area contributed by atoms with Crippen molar-refractivity contribution in [1.29, 1.82) is 0 Å². The zero-order valence-corrected chi connectivity index (χ0v) is 18.1. The number of para-hydroxylation sites is 1. The second kappa shape index (κ2) is 10.3. The maximum atomic E-state index is 12.5. The minimum Gasteiger partial charge on any atom is -0.481 e. The molecule has 30 heavy (non-hydrogen) atoms. The molecule has 0 aliphatic heterocycles. The minimum absolute atomic E-state index is 0.328. The van der Waals surface area contributed by atoms with Crippen LogP contribution in [0.1, 0.15) is 35.7 Å². The van der Waals surface area contributed by atoms with Crippen molar-refractivity contribution in [3.05, 3.63) is 96.1 Å². The molecular formula is C25H27NO3S. The van der Waals surface area contributed by atoms with E-state index in [0.717, 1.165) is 16.2 Å². The maximum Gasteiger partial charge on any atom is 0.339 e. The van der Waals surface area contributed by atoms with Gasteiger partial charge in [-0.1, -0.05) is 67.6 Å². The molecule has 2 unspecified atom stereocenters. The number of rotatable bonds is 9. The van der Waals surface area contributed by atoms with Crippen molar-refractivity contribution in [2.45, 2.75) is 36.5 Å². The topological polar surface area (TPSA) is 61.5 Å². The van der Waals surface area contributed by atoms with Crippen LogP contribution in [0.5, 0.6) is 5.75 Å². The van der Waals surface area contributed by atoms with Gasteiger partial charge in [0.2, 0.25) is 0 Å². The number of thioether (sulfide) groups is 1. The summed E-state index contributed by atoms with van der Waals surface area (Å²) in [7, 11) is 0. The fraction of sp³-hybridized carbons (Fsp3) is 0.240. The lowest BCUT2D eigenvalue weighted by molar-refractivity contribution is -0.0165. The molecule has 2 atom stereocenters. The summed E-state index contributed by atoms with van der Waals surface area (Å²) >= 11 is 1.63. The lowest BCUT2D eigenvalue weighted by Crippen LogP contribution is -2.41. The summed E-state index contributed by atoms with van der Waals surface area (Å²) in [5, 5.41) is 0. The molecule has 5 heteroatoms. The third-order valence-electron chi connectivity index (χ3n) is 5.04. The van der Waals surface area contributed by atoms with Crippen LogP contribution in [0.25, 0.3) is 0 Å². The van der Waals surface area contributed by atoms with Crippen LogP contribution in [0, 0.1) is 0 Å². The Hall–Kier alpha value is -2.76. The number of carbonyl (C=O) groups is 1. The van der Waals surface area contributed by atoms with Crippen molar-refractivity contribution in [3.8, 4) is 5.75 Å². The van der Waals surface area contributed by atoms with Gasteiger partial charge in [-0.15, -0.1) is 11.8 Å². The zero-order chi connectivity index (χ0) is 21.4. The van der Waals surface area contributed by atoms with Gasteiger partial charge in [0.15, 0.2) is 6.23 Å². The third kappa shape index (κ3) is 5.23. The predicted octanol–water partition coefficient (Wildman–Crippen LogP) is 5.62. The molecule has 156 valence electrons. The summed E-state index contributed by atoms with van der Waals surface area (Å²) in [6.45, 7) is 2.06. The van der Waals surface area contributed by atoms with Gasteiger partial charge < -0.3 is 9.47 Å². The first-order valence-electron chi connectivity index (χ1n) is 9.97. The SMILES string of the molecule is CCC(CC(N)OC(=O)c1ccccc1)(Oc1ccccc1SC)c1ccccc1. The molecule has 3 aromatic carbocycles. The van der Waals surface area contributed by atoms with Gasteiger partial charge in [-0.2, -0.15) is 0 Å². The molecule has 0 bridgehead atoms. The van der Waals surface area contributed by atoms with Gasteiger partial charge in [-0.25, -0.2) is 4.79 Å². The highest BCUT2D eigenvalue weighted by Crippen LogP contribution is 2.39. The Morgan fingerprint density at radius 3 is 2.20 bits per heavy atom. The molecule has 0 aliphatic rings. The Bertz CT molecular complexity index is 949. The van der Waals surface area contributed by atoms with Crippen LogP contribution in [0.3, 0.4) is 0 Å². The van der Waals surface area contributed by atoms with Crippen molar-refractivity contribution < 1.29 is 14.3 Å². The zero-order valence-electron chi connectivity index (χ0n) is 17.3. The molecule has 0 spiro atoms. The molecule has 0 saturated carbocycles. The van der Waals surface area contributed by atoms with Gasteiger partial charge in [-0.3, -0.25) is 5.73 Å². The van der Waals surface area contributed by atoms with Crippen LogP contribution in [0.15, 0.2) is 89.8 Å². The molecule has 0 aliphatic carbocycles. The van der Waals surface area contributed by atoms with Crippen molar-refractivity contribution in [2.75, 3.05) is 6.26 Å². The number of hydrogen-bond donors (Lipinski definition) is 1. The number of benzene rings is 3. The third-order valence-corrected chi connectivity index (χ3v) is 5.82. The van der Waals surface area contributed by atoms with Gasteiger partial charge in [-0.05, 0) is 42.5 Å². The Morgan fingerprint density at radius 2 is 1.57 bits per heavy atom. The van der Waals surface area contributed by atoms with Gasteiger partial charge in [0.1, 0.15) is 11.4 Å². The summed E-state index contributed by atoms with van der Waals surface area (Å²) < 4.78 is 12.2. The van der Waals surface area contributed by atoms with E-state index in [2.05, 4.69) is 6.92 Å². The summed E-state index contributed by atoms with van der Waals surface area (Å²) in [6, 6.07) is 26.8. The summed E-state index contributed by atoms with van der Waals surface area (Å²) in [5.74, 6) is 0.350. The van der Waals surface area contributed by atoms with E-state index in [9.17, 15) is 4.79 Å². The first kappa shape index (κ1) is 21.9. The molecule has 0 saturated heterocycles. The molecule has 3 rings (SSSR count). The van der Waals surface area contributed by atoms with E-state index < -0.39 is 17.8 Å². The van der Waals surface area contributed by atoms with E-state index in [0.29, 0.717) is 18.4 Å². The average molecular weight is 422 g/mol. The molecule has 3 aromatic rings. The van der Waals surface area contributed by atoms with E-state index in [1.54, 1.807) is 36.0 Å². The van der Waals surface area contributed by atoms with Gasteiger partial charge >= 0.3 is 5.97 Å². The lowest BCUT2D eigenvalue weighted by atomic mass is 9.86. The average Bonchev–Trinajstić information content (AvgIpc) is 2.80. The van der Waals surface area contributed by atoms with Crippen molar-refractivity contribution in [2.24, 2.45) is 5.73 Å². The molecule has 0 fully saturated rings. The van der Waals surface area contributed by atoms with Crippen LogP contribution >= 0.6 is 11.8 Å². The molecule has 0 aromatic heterocycles. The standard InChI is InChI=1S/C25H27NO3S/c1-3-25(20-14-8-5-9-15-20,29-21-16-10-11-17-22(21)30-2)18-23(26)28-24(27)19-12-6-4-7-13-19/h4-17,23H,3,18,26H2,1-2H3. The highest BCUT2D eigenvalue weighted by molar-refractivity contribution is 7.98. The number of esters is 1. The van der Waals surface area contributed by atoms with Crippen LogP contribution in [0.4, 0.5) is 0 Å². The highest BCUT2D eigenvalue weighted by atomic mass is 32.2. The van der Waals surface area contributed by atoms with Crippen molar-refractivity contribution in [1.82, 2.24) is 0 Å². The molecule has 0 amide bonds. The summed E-state index contributed by atoms with van der Waals surface area (Å²) in [5.41, 5.74) is 7.04. The van der Waals surface area contributed by atoms with E-state index in [-0.39, 0.29) is 0 Å². The van der Waals surface area contributed by atoms with Crippen LogP contribution in [-0.4, -0.2) is 18.5 Å². The predicted molar refractivity (Wildman–Crippen MR) is 122 cm³/mol. The van der Waals surface area contributed by atoms with Crippen LogP contribution < -0.4 is 10.5 Å². The Morgan fingerprint density at radius 1 is 0.967 bits per heavy atom. The second-order valence-corrected chi connectivity index (χ2v) is 7.83. The Labute approximate surface area is 182 Å². The maximum absolute atomic E-state index is 12.5. The van der Waals surface area contributed by atoms with Crippen molar-refractivity contribution >= 4 is 17.7 Å². The Kier molecular flexibility index (Phi) is 7.55. The van der Waals surface area contributed by atoms with Gasteiger partial charge in [0.05, 0.1) is 5.56 Å². The van der Waals surface area contributed by atoms with Crippen LogP contribution in [-0.2, 0) is 10.3 Å².